The van der Waals surface area contributed by atoms with E-state index in [1.807, 2.05) is 6.07 Å². The van der Waals surface area contributed by atoms with Gasteiger partial charge in [0.1, 0.15) is 11.7 Å². The Hall–Kier alpha value is -2.17. The SMILES string of the molecule is CC(C)(C)OC(=O)N(O)[C@@H](CCO)c1cncc(C#N)c1. The third kappa shape index (κ3) is 5.02. The molecule has 0 aliphatic carbocycles. The first-order chi connectivity index (χ1) is 9.78. The van der Waals surface area contributed by atoms with E-state index in [-0.39, 0.29) is 13.0 Å². The van der Waals surface area contributed by atoms with Crippen molar-refractivity contribution in [3.8, 4) is 6.07 Å². The Morgan fingerprint density at radius 2 is 2.19 bits per heavy atom. The van der Waals surface area contributed by atoms with Gasteiger partial charge in [0.15, 0.2) is 0 Å². The molecule has 21 heavy (non-hydrogen) atoms. The molecule has 1 heterocycles. The maximum Gasteiger partial charge on any atom is 0.434 e. The molecule has 0 aliphatic heterocycles. The van der Waals surface area contributed by atoms with Crippen LogP contribution >= 0.6 is 0 Å². The van der Waals surface area contributed by atoms with Gasteiger partial charge in [0, 0.05) is 19.0 Å². The highest BCUT2D eigenvalue weighted by Crippen LogP contribution is 2.24. The van der Waals surface area contributed by atoms with E-state index in [2.05, 4.69) is 4.98 Å². The van der Waals surface area contributed by atoms with Crippen molar-refractivity contribution in [2.45, 2.75) is 38.8 Å². The first-order valence-electron chi connectivity index (χ1n) is 6.45. The fourth-order valence-corrected chi connectivity index (χ4v) is 1.69. The number of rotatable bonds is 4. The normalized spacial score (nSPS) is 12.4. The summed E-state index contributed by atoms with van der Waals surface area (Å²) in [6.45, 7) is 4.79. The van der Waals surface area contributed by atoms with Gasteiger partial charge in [-0.25, -0.2) is 4.79 Å². The Kier molecular flexibility index (Phi) is 5.64. The minimum absolute atomic E-state index is 0.0896. The summed E-state index contributed by atoms with van der Waals surface area (Å²) < 4.78 is 5.07. The average Bonchev–Trinajstić information content (AvgIpc) is 2.42. The number of pyridine rings is 1. The number of hydrogen-bond donors (Lipinski definition) is 2. The monoisotopic (exact) mass is 293 g/mol. The van der Waals surface area contributed by atoms with Gasteiger partial charge in [0.2, 0.25) is 0 Å². The molecular formula is C14H19N3O4. The van der Waals surface area contributed by atoms with Crippen LogP contribution in [0.5, 0.6) is 0 Å². The van der Waals surface area contributed by atoms with Gasteiger partial charge < -0.3 is 9.84 Å². The maximum atomic E-state index is 11.9. The zero-order valence-electron chi connectivity index (χ0n) is 12.3. The number of hydroxylamine groups is 2. The van der Waals surface area contributed by atoms with E-state index in [0.717, 1.165) is 0 Å². The fourth-order valence-electron chi connectivity index (χ4n) is 1.69. The lowest BCUT2D eigenvalue weighted by Gasteiger charge is -2.28. The summed E-state index contributed by atoms with van der Waals surface area (Å²) in [5, 5.41) is 28.4. The Labute approximate surface area is 123 Å². The molecule has 0 radical (unpaired) electrons. The average molecular weight is 293 g/mol. The number of nitriles is 1. The second-order valence-corrected chi connectivity index (χ2v) is 5.47. The molecule has 0 fully saturated rings. The van der Waals surface area contributed by atoms with Crippen molar-refractivity contribution < 1.29 is 19.8 Å². The predicted molar refractivity (Wildman–Crippen MR) is 73.3 cm³/mol. The van der Waals surface area contributed by atoms with Crippen molar-refractivity contribution in [1.82, 2.24) is 10.0 Å². The summed E-state index contributed by atoms with van der Waals surface area (Å²) in [5.74, 6) is 0. The molecule has 1 aromatic heterocycles. The van der Waals surface area contributed by atoms with Gasteiger partial charge >= 0.3 is 6.09 Å². The summed E-state index contributed by atoms with van der Waals surface area (Å²) in [6.07, 6.45) is 1.96. The number of hydrogen-bond acceptors (Lipinski definition) is 6. The largest absolute Gasteiger partial charge is 0.442 e. The van der Waals surface area contributed by atoms with Crippen LogP contribution < -0.4 is 0 Å². The quantitative estimate of drug-likeness (QED) is 0.649. The van der Waals surface area contributed by atoms with Gasteiger partial charge in [-0.1, -0.05) is 0 Å². The van der Waals surface area contributed by atoms with Crippen molar-refractivity contribution in [2.24, 2.45) is 0 Å². The number of aromatic nitrogens is 1. The lowest BCUT2D eigenvalue weighted by Crippen LogP contribution is -2.37. The van der Waals surface area contributed by atoms with E-state index < -0.39 is 17.7 Å². The molecule has 1 atom stereocenters. The molecule has 0 saturated heterocycles. The number of carbonyl (C=O) groups is 1. The lowest BCUT2D eigenvalue weighted by atomic mass is 10.0. The van der Waals surface area contributed by atoms with Crippen LogP contribution in [0.2, 0.25) is 0 Å². The maximum absolute atomic E-state index is 11.9. The fraction of sp³-hybridized carbons (Fsp3) is 0.500. The minimum atomic E-state index is -0.927. The van der Waals surface area contributed by atoms with Crippen molar-refractivity contribution in [2.75, 3.05) is 6.61 Å². The number of aliphatic hydroxyl groups is 1. The molecule has 0 saturated carbocycles. The Morgan fingerprint density at radius 1 is 1.52 bits per heavy atom. The van der Waals surface area contributed by atoms with E-state index in [1.54, 1.807) is 20.8 Å². The molecule has 0 aliphatic rings. The molecule has 1 rings (SSSR count). The van der Waals surface area contributed by atoms with Crippen LogP contribution in [0.3, 0.4) is 0 Å². The summed E-state index contributed by atoms with van der Waals surface area (Å²) in [4.78, 5) is 15.8. The smallest absolute Gasteiger partial charge is 0.434 e. The zero-order chi connectivity index (χ0) is 16.0. The van der Waals surface area contributed by atoms with Crippen molar-refractivity contribution in [3.05, 3.63) is 29.6 Å². The molecule has 7 heteroatoms. The van der Waals surface area contributed by atoms with Crippen LogP contribution in [-0.4, -0.2) is 38.7 Å². The molecule has 114 valence electrons. The molecule has 0 unspecified atom stereocenters. The van der Waals surface area contributed by atoms with Gasteiger partial charge in [0.05, 0.1) is 11.6 Å². The molecular weight excluding hydrogens is 274 g/mol. The Morgan fingerprint density at radius 3 is 2.71 bits per heavy atom. The second kappa shape index (κ2) is 7.02. The highest BCUT2D eigenvalue weighted by molar-refractivity contribution is 5.67. The van der Waals surface area contributed by atoms with Gasteiger partial charge in [-0.15, -0.1) is 0 Å². The first kappa shape index (κ1) is 16.9. The number of nitrogens with zero attached hydrogens (tertiary/aromatic N) is 3. The van der Waals surface area contributed by atoms with Crippen LogP contribution in [0.4, 0.5) is 4.79 Å². The number of aliphatic hydroxyl groups excluding tert-OH is 1. The molecule has 0 aromatic carbocycles. The third-order valence-corrected chi connectivity index (χ3v) is 2.55. The van der Waals surface area contributed by atoms with E-state index >= 15 is 0 Å². The van der Waals surface area contributed by atoms with Crippen molar-refractivity contribution in [3.63, 3.8) is 0 Å². The standard InChI is InChI=1S/C14H19N3O4/c1-14(2,3)21-13(19)17(20)12(4-5-18)11-6-10(7-15)8-16-9-11/h6,8-9,12,18,20H,4-5H2,1-3H3/t12-/m0/s1. The molecule has 1 aromatic rings. The first-order valence-corrected chi connectivity index (χ1v) is 6.45. The second-order valence-electron chi connectivity index (χ2n) is 5.47. The van der Waals surface area contributed by atoms with Gasteiger partial charge in [-0.2, -0.15) is 10.3 Å². The van der Waals surface area contributed by atoms with Crippen LogP contribution in [-0.2, 0) is 4.74 Å². The molecule has 0 spiro atoms. The topological polar surface area (TPSA) is 107 Å². The Bertz CT molecular complexity index is 534. The van der Waals surface area contributed by atoms with Crippen LogP contribution in [0.25, 0.3) is 0 Å². The summed E-state index contributed by atoms with van der Waals surface area (Å²) >= 11 is 0. The number of amides is 1. The number of ether oxygens (including phenoxy) is 1. The zero-order valence-corrected chi connectivity index (χ0v) is 12.3. The predicted octanol–water partition coefficient (Wildman–Crippen LogP) is 2.00. The van der Waals surface area contributed by atoms with E-state index in [4.69, 9.17) is 15.1 Å². The molecule has 1 amide bonds. The van der Waals surface area contributed by atoms with Gasteiger partial charge in [0.25, 0.3) is 0 Å². The van der Waals surface area contributed by atoms with Gasteiger partial charge in [-0.3, -0.25) is 10.2 Å². The summed E-state index contributed by atoms with van der Waals surface area (Å²) in [6, 6.07) is 2.59. The van der Waals surface area contributed by atoms with Crippen LogP contribution in [0.15, 0.2) is 18.5 Å². The van der Waals surface area contributed by atoms with Gasteiger partial charge in [-0.05, 0) is 38.8 Å². The van der Waals surface area contributed by atoms with Crippen LogP contribution in [0, 0.1) is 11.3 Å². The molecule has 0 bridgehead atoms. The Balaban J connectivity index is 3.00. The van der Waals surface area contributed by atoms with Crippen molar-refractivity contribution >= 4 is 6.09 Å². The third-order valence-electron chi connectivity index (χ3n) is 2.55. The molecule has 2 N–H and O–H groups in total. The number of carbonyl (C=O) groups excluding carboxylic acids is 1. The van der Waals surface area contributed by atoms with E-state index in [0.29, 0.717) is 16.2 Å². The van der Waals surface area contributed by atoms with Crippen molar-refractivity contribution in [1.29, 1.82) is 5.26 Å². The molecule has 7 nitrogen and oxygen atoms in total. The lowest BCUT2D eigenvalue weighted by molar-refractivity contribution is -0.125. The van der Waals surface area contributed by atoms with Crippen LogP contribution in [0.1, 0.15) is 44.4 Å². The van der Waals surface area contributed by atoms with E-state index in [9.17, 15) is 10.0 Å². The highest BCUT2D eigenvalue weighted by atomic mass is 16.6. The highest BCUT2D eigenvalue weighted by Gasteiger charge is 2.28. The summed E-state index contributed by atoms with van der Waals surface area (Å²) in [5.41, 5.74) is -0.0151. The minimum Gasteiger partial charge on any atom is -0.442 e. The van der Waals surface area contributed by atoms with E-state index in [1.165, 1.54) is 18.5 Å². The summed E-state index contributed by atoms with van der Waals surface area (Å²) in [7, 11) is 0.